The van der Waals surface area contributed by atoms with Crippen molar-refractivity contribution in [2.75, 3.05) is 6.26 Å². The lowest BCUT2D eigenvalue weighted by atomic mass is 10.1. The van der Waals surface area contributed by atoms with E-state index in [0.717, 1.165) is 23.2 Å². The predicted octanol–water partition coefficient (Wildman–Crippen LogP) is 5.30. The third-order valence-electron chi connectivity index (χ3n) is 5.01. The Labute approximate surface area is 196 Å². The molecule has 0 atom stereocenters. The molecule has 0 spiro atoms. The van der Waals surface area contributed by atoms with Crippen LogP contribution in [0.5, 0.6) is 0 Å². The summed E-state index contributed by atoms with van der Waals surface area (Å²) in [6.45, 7) is 1.93. The molecule has 0 unspecified atom stereocenters. The maximum Gasteiger partial charge on any atom is 0.210 e. The Balaban J connectivity index is 1.81. The number of aromatic nitrogens is 1. The third kappa shape index (κ3) is 5.21. The van der Waals surface area contributed by atoms with Crippen molar-refractivity contribution >= 4 is 31.0 Å². The number of sulfone groups is 2. The van der Waals surface area contributed by atoms with Crippen molar-refractivity contribution in [3.63, 3.8) is 0 Å². The van der Waals surface area contributed by atoms with Gasteiger partial charge in [-0.2, -0.15) is 0 Å². The third-order valence-corrected chi connectivity index (χ3v) is 9.39. The number of aryl methyl sites for hydroxylation is 1. The standard InChI is InChI=1S/C24H20FNO4S3/c1-16-3-5-17(6-4-16)15-33(29,30)24-26-22(18-9-13-21(14-10-18)32(2,27)28)23(31-24)19-7-11-20(25)12-8-19/h3-14H,15H2,1-2H3. The van der Waals surface area contributed by atoms with Crippen LogP contribution in [0.25, 0.3) is 21.7 Å². The van der Waals surface area contributed by atoms with Crippen LogP contribution in [0.4, 0.5) is 4.39 Å². The Bertz CT molecular complexity index is 1510. The van der Waals surface area contributed by atoms with Gasteiger partial charge in [0.05, 0.1) is 21.2 Å². The van der Waals surface area contributed by atoms with Crippen LogP contribution >= 0.6 is 11.3 Å². The maximum absolute atomic E-state index is 13.5. The van der Waals surface area contributed by atoms with Gasteiger partial charge >= 0.3 is 0 Å². The molecule has 9 heteroatoms. The highest BCUT2D eigenvalue weighted by Gasteiger charge is 2.25. The topological polar surface area (TPSA) is 81.2 Å². The van der Waals surface area contributed by atoms with E-state index in [1.54, 1.807) is 36.4 Å². The fraction of sp³-hybridized carbons (Fsp3) is 0.125. The molecule has 0 aliphatic rings. The normalized spacial score (nSPS) is 12.1. The van der Waals surface area contributed by atoms with E-state index in [1.165, 1.54) is 24.3 Å². The molecule has 1 aromatic heterocycles. The van der Waals surface area contributed by atoms with Gasteiger partial charge in [0.15, 0.2) is 9.84 Å². The Morgan fingerprint density at radius 3 is 1.97 bits per heavy atom. The first kappa shape index (κ1) is 23.3. The molecule has 0 saturated heterocycles. The highest BCUT2D eigenvalue weighted by molar-refractivity contribution is 7.92. The zero-order valence-electron chi connectivity index (χ0n) is 17.8. The number of hydrogen-bond acceptors (Lipinski definition) is 6. The van der Waals surface area contributed by atoms with Gasteiger partial charge in [-0.3, -0.25) is 0 Å². The van der Waals surface area contributed by atoms with Crippen LogP contribution in [0.3, 0.4) is 0 Å². The Morgan fingerprint density at radius 2 is 1.39 bits per heavy atom. The molecule has 0 bridgehead atoms. The maximum atomic E-state index is 13.5. The fourth-order valence-electron chi connectivity index (χ4n) is 3.25. The fourth-order valence-corrected chi connectivity index (χ4v) is 6.63. The molecule has 170 valence electrons. The number of hydrogen-bond donors (Lipinski definition) is 0. The van der Waals surface area contributed by atoms with Gasteiger partial charge in [-0.05, 0) is 42.3 Å². The minimum Gasteiger partial charge on any atom is -0.224 e. The molecule has 33 heavy (non-hydrogen) atoms. The van der Waals surface area contributed by atoms with Crippen molar-refractivity contribution in [1.29, 1.82) is 0 Å². The molecular formula is C24H20FNO4S3. The van der Waals surface area contributed by atoms with Crippen LogP contribution in [0.2, 0.25) is 0 Å². The molecule has 1 heterocycles. The van der Waals surface area contributed by atoms with Crippen LogP contribution in [0.1, 0.15) is 11.1 Å². The van der Waals surface area contributed by atoms with Crippen molar-refractivity contribution in [3.8, 4) is 21.7 Å². The first-order valence-corrected chi connectivity index (χ1v) is 14.2. The van der Waals surface area contributed by atoms with Gasteiger partial charge < -0.3 is 0 Å². The minimum atomic E-state index is -3.75. The average molecular weight is 502 g/mol. The molecule has 5 nitrogen and oxygen atoms in total. The van der Waals surface area contributed by atoms with Gasteiger partial charge in [-0.25, -0.2) is 26.2 Å². The summed E-state index contributed by atoms with van der Waals surface area (Å²) in [6, 6.07) is 19.1. The second kappa shape index (κ2) is 8.81. The van der Waals surface area contributed by atoms with Crippen LogP contribution < -0.4 is 0 Å². The lowest BCUT2D eigenvalue weighted by Crippen LogP contribution is -2.04. The first-order valence-electron chi connectivity index (χ1n) is 9.88. The number of halogens is 1. The second-order valence-corrected chi connectivity index (χ2v) is 12.9. The number of rotatable bonds is 6. The molecule has 4 rings (SSSR count). The molecule has 0 saturated carbocycles. The molecule has 3 aromatic carbocycles. The highest BCUT2D eigenvalue weighted by Crippen LogP contribution is 2.39. The van der Waals surface area contributed by atoms with Gasteiger partial charge in [0.25, 0.3) is 0 Å². The van der Waals surface area contributed by atoms with Crippen LogP contribution in [0.15, 0.2) is 82.0 Å². The molecule has 0 N–H and O–H groups in total. The van der Waals surface area contributed by atoms with E-state index in [2.05, 4.69) is 4.98 Å². The molecule has 0 amide bonds. The second-order valence-electron chi connectivity index (χ2n) is 7.71. The van der Waals surface area contributed by atoms with E-state index in [0.29, 0.717) is 27.3 Å². The smallest absolute Gasteiger partial charge is 0.210 e. The van der Waals surface area contributed by atoms with Crippen molar-refractivity contribution in [3.05, 3.63) is 89.7 Å². The Morgan fingerprint density at radius 1 is 0.818 bits per heavy atom. The van der Waals surface area contributed by atoms with E-state index in [1.807, 2.05) is 19.1 Å². The van der Waals surface area contributed by atoms with Crippen molar-refractivity contribution in [2.24, 2.45) is 0 Å². The van der Waals surface area contributed by atoms with E-state index >= 15 is 0 Å². The Hall–Kier alpha value is -2.88. The van der Waals surface area contributed by atoms with Gasteiger partial charge in [-0.15, -0.1) is 11.3 Å². The minimum absolute atomic E-state index is 0.0513. The zero-order valence-corrected chi connectivity index (χ0v) is 20.3. The predicted molar refractivity (Wildman–Crippen MR) is 128 cm³/mol. The Kier molecular flexibility index (Phi) is 6.22. The van der Waals surface area contributed by atoms with E-state index < -0.39 is 25.5 Å². The summed E-state index contributed by atoms with van der Waals surface area (Å²) in [4.78, 5) is 5.15. The summed E-state index contributed by atoms with van der Waals surface area (Å²) in [6.07, 6.45) is 1.12. The molecular weight excluding hydrogens is 481 g/mol. The van der Waals surface area contributed by atoms with Gasteiger partial charge in [0.1, 0.15) is 5.82 Å². The molecule has 4 aromatic rings. The number of thiazole rings is 1. The van der Waals surface area contributed by atoms with Gasteiger partial charge in [0, 0.05) is 11.8 Å². The summed E-state index contributed by atoms with van der Waals surface area (Å²) in [5, 5.41) is 0. The highest BCUT2D eigenvalue weighted by atomic mass is 32.2. The first-order chi connectivity index (χ1) is 15.5. The van der Waals surface area contributed by atoms with E-state index in [4.69, 9.17) is 0 Å². The van der Waals surface area contributed by atoms with Crippen molar-refractivity contribution in [2.45, 2.75) is 21.9 Å². The monoisotopic (exact) mass is 501 g/mol. The quantitative estimate of drug-likeness (QED) is 0.358. The molecule has 0 aliphatic heterocycles. The number of nitrogens with zero attached hydrogens (tertiary/aromatic N) is 1. The lowest BCUT2D eigenvalue weighted by Gasteiger charge is -2.04. The molecule has 0 aliphatic carbocycles. The largest absolute Gasteiger partial charge is 0.224 e. The van der Waals surface area contributed by atoms with Crippen LogP contribution in [-0.4, -0.2) is 28.1 Å². The lowest BCUT2D eigenvalue weighted by molar-refractivity contribution is 0.594. The SMILES string of the molecule is Cc1ccc(CS(=O)(=O)c2nc(-c3ccc(S(C)(=O)=O)cc3)c(-c3ccc(F)cc3)s2)cc1. The van der Waals surface area contributed by atoms with Crippen LogP contribution in [0, 0.1) is 12.7 Å². The van der Waals surface area contributed by atoms with Crippen molar-refractivity contribution < 1.29 is 21.2 Å². The molecule has 0 radical (unpaired) electrons. The van der Waals surface area contributed by atoms with Crippen LogP contribution in [-0.2, 0) is 25.4 Å². The van der Waals surface area contributed by atoms with Gasteiger partial charge in [-0.1, -0.05) is 54.1 Å². The van der Waals surface area contributed by atoms with E-state index in [-0.39, 0.29) is 15.0 Å². The van der Waals surface area contributed by atoms with Gasteiger partial charge in [0.2, 0.25) is 14.2 Å². The summed E-state index contributed by atoms with van der Waals surface area (Å²) in [5.41, 5.74) is 3.26. The number of benzene rings is 3. The van der Waals surface area contributed by atoms with E-state index in [9.17, 15) is 21.2 Å². The summed E-state index contributed by atoms with van der Waals surface area (Å²) < 4.78 is 63.4. The summed E-state index contributed by atoms with van der Waals surface area (Å²) in [5.74, 6) is -0.606. The molecule has 0 fully saturated rings. The summed E-state index contributed by atoms with van der Waals surface area (Å²) in [7, 11) is -7.13. The summed E-state index contributed by atoms with van der Waals surface area (Å²) >= 11 is 1.01. The zero-order chi connectivity index (χ0) is 23.8. The average Bonchev–Trinajstić information content (AvgIpc) is 3.22. The van der Waals surface area contributed by atoms with Crippen molar-refractivity contribution in [1.82, 2.24) is 4.98 Å².